The largest absolute Gasteiger partial charge is 0.462 e. The third-order valence-corrected chi connectivity index (χ3v) is 4.85. The topological polar surface area (TPSA) is 70.4 Å². The minimum absolute atomic E-state index is 0.0229. The lowest BCUT2D eigenvalue weighted by atomic mass is 10.0. The zero-order valence-electron chi connectivity index (χ0n) is 14.3. The van der Waals surface area contributed by atoms with Gasteiger partial charge in [-0.2, -0.15) is 5.26 Å². The number of halogens is 2. The van der Waals surface area contributed by atoms with Crippen LogP contribution in [0, 0.1) is 11.3 Å². The Balaban J connectivity index is 2.13. The molecule has 1 amide bonds. The van der Waals surface area contributed by atoms with Crippen LogP contribution in [0.1, 0.15) is 18.1 Å². The van der Waals surface area contributed by atoms with Gasteiger partial charge in [0.05, 0.1) is 24.4 Å². The highest BCUT2D eigenvalue weighted by atomic mass is 35.5. The number of hydrogen-bond acceptors (Lipinski definition) is 4. The van der Waals surface area contributed by atoms with Gasteiger partial charge in [0.2, 0.25) is 0 Å². The number of ether oxygens (including phenoxy) is 1. The first-order chi connectivity index (χ1) is 13.0. The molecule has 0 fully saturated rings. The van der Waals surface area contributed by atoms with Crippen LogP contribution in [0.4, 0.5) is 5.69 Å². The Morgan fingerprint density at radius 1 is 1.15 bits per heavy atom. The number of benzene rings is 2. The summed E-state index contributed by atoms with van der Waals surface area (Å²) in [5.41, 5.74) is 1.36. The number of para-hydroxylation sites is 1. The highest BCUT2D eigenvalue weighted by Gasteiger charge is 2.37. The molecule has 0 N–H and O–H groups in total. The molecular formula is C20H14Cl2N2O3. The fraction of sp³-hybridized carbons (Fsp3) is 0.150. The standard InChI is InChI=1S/C20H14Cl2N2O3/c1-2-27-20(26)13(10-23)18-12-6-3-4-9-17(12)24(19(18)25)11-14-15(21)7-5-8-16(14)22/h3-9H,2,11H2,1H3/b18-13-. The molecule has 0 aromatic heterocycles. The van der Waals surface area contributed by atoms with Gasteiger partial charge in [-0.1, -0.05) is 47.5 Å². The molecule has 5 nitrogen and oxygen atoms in total. The average Bonchev–Trinajstić information content (AvgIpc) is 2.92. The number of carbonyl (C=O) groups excluding carboxylic acids is 2. The van der Waals surface area contributed by atoms with E-state index in [1.165, 1.54) is 4.90 Å². The zero-order chi connectivity index (χ0) is 19.6. The SMILES string of the molecule is CCOC(=O)/C(C#N)=C1\C(=O)N(Cc2c(Cl)cccc2Cl)c2ccccc21. The van der Waals surface area contributed by atoms with E-state index in [9.17, 15) is 14.9 Å². The Hall–Kier alpha value is -2.81. The van der Waals surface area contributed by atoms with Crippen molar-refractivity contribution in [2.75, 3.05) is 11.5 Å². The van der Waals surface area contributed by atoms with Gasteiger partial charge < -0.3 is 9.64 Å². The number of anilines is 1. The lowest BCUT2D eigenvalue weighted by Crippen LogP contribution is -2.27. The smallest absolute Gasteiger partial charge is 0.349 e. The molecule has 7 heteroatoms. The van der Waals surface area contributed by atoms with Crippen LogP contribution in [0.25, 0.3) is 5.57 Å². The van der Waals surface area contributed by atoms with Crippen LogP contribution >= 0.6 is 23.2 Å². The van der Waals surface area contributed by atoms with Gasteiger partial charge in [-0.25, -0.2) is 4.79 Å². The summed E-state index contributed by atoms with van der Waals surface area (Å²) < 4.78 is 4.93. The Bertz CT molecular complexity index is 988. The van der Waals surface area contributed by atoms with Gasteiger partial charge in [0.1, 0.15) is 6.07 Å². The Morgan fingerprint density at radius 3 is 2.44 bits per heavy atom. The average molecular weight is 401 g/mol. The highest BCUT2D eigenvalue weighted by molar-refractivity contribution is 6.38. The number of amides is 1. The maximum absolute atomic E-state index is 13.1. The minimum atomic E-state index is -0.823. The van der Waals surface area contributed by atoms with E-state index in [-0.39, 0.29) is 24.3 Å². The van der Waals surface area contributed by atoms with Crippen molar-refractivity contribution in [1.82, 2.24) is 0 Å². The van der Waals surface area contributed by atoms with E-state index in [2.05, 4.69) is 0 Å². The fourth-order valence-corrected chi connectivity index (χ4v) is 3.44. The maximum Gasteiger partial charge on any atom is 0.349 e. The van der Waals surface area contributed by atoms with Crippen LogP contribution in [0.3, 0.4) is 0 Å². The number of esters is 1. The van der Waals surface area contributed by atoms with E-state index >= 15 is 0 Å². The van der Waals surface area contributed by atoms with Crippen molar-refractivity contribution >= 4 is 46.3 Å². The molecule has 0 atom stereocenters. The molecule has 0 spiro atoms. The van der Waals surface area contributed by atoms with Crippen LogP contribution in [0.2, 0.25) is 10.0 Å². The Morgan fingerprint density at radius 2 is 1.81 bits per heavy atom. The first-order valence-electron chi connectivity index (χ1n) is 8.15. The Labute approximate surface area is 166 Å². The molecule has 2 aromatic carbocycles. The number of fused-ring (bicyclic) bond motifs is 1. The van der Waals surface area contributed by atoms with E-state index in [1.807, 2.05) is 6.07 Å². The molecule has 27 heavy (non-hydrogen) atoms. The summed E-state index contributed by atoms with van der Waals surface area (Å²) in [6, 6.07) is 13.8. The van der Waals surface area contributed by atoms with Crippen molar-refractivity contribution in [3.63, 3.8) is 0 Å². The molecule has 0 unspecified atom stereocenters. The molecule has 0 aliphatic carbocycles. The number of nitrogens with zero attached hydrogens (tertiary/aromatic N) is 2. The van der Waals surface area contributed by atoms with Crippen LogP contribution in [0.15, 0.2) is 48.0 Å². The molecule has 0 radical (unpaired) electrons. The van der Waals surface area contributed by atoms with Crippen LogP contribution in [-0.2, 0) is 20.9 Å². The van der Waals surface area contributed by atoms with Crippen molar-refractivity contribution in [2.24, 2.45) is 0 Å². The van der Waals surface area contributed by atoms with Gasteiger partial charge in [-0.3, -0.25) is 4.79 Å². The van der Waals surface area contributed by atoms with Gasteiger partial charge in [0.25, 0.3) is 5.91 Å². The van der Waals surface area contributed by atoms with Crippen molar-refractivity contribution in [2.45, 2.75) is 13.5 Å². The summed E-state index contributed by atoms with van der Waals surface area (Å²) >= 11 is 12.5. The minimum Gasteiger partial charge on any atom is -0.462 e. The molecule has 3 rings (SSSR count). The molecule has 1 heterocycles. The van der Waals surface area contributed by atoms with Crippen LogP contribution in [-0.4, -0.2) is 18.5 Å². The van der Waals surface area contributed by atoms with Gasteiger partial charge in [-0.15, -0.1) is 0 Å². The lowest BCUT2D eigenvalue weighted by molar-refractivity contribution is -0.138. The fourth-order valence-electron chi connectivity index (χ4n) is 2.93. The van der Waals surface area contributed by atoms with E-state index in [0.29, 0.717) is 26.9 Å². The third-order valence-electron chi connectivity index (χ3n) is 4.14. The normalized spacial score (nSPS) is 14.6. The summed E-state index contributed by atoms with van der Waals surface area (Å²) in [5, 5.41) is 10.3. The van der Waals surface area contributed by atoms with Gasteiger partial charge in [0.15, 0.2) is 5.57 Å². The van der Waals surface area contributed by atoms with Crippen LogP contribution in [0.5, 0.6) is 0 Å². The molecule has 0 saturated heterocycles. The predicted octanol–water partition coefficient (Wildman–Crippen LogP) is 4.38. The number of nitriles is 1. The first-order valence-corrected chi connectivity index (χ1v) is 8.90. The quantitative estimate of drug-likeness (QED) is 0.433. The molecule has 1 aliphatic rings. The molecule has 2 aromatic rings. The van der Waals surface area contributed by atoms with Crippen molar-refractivity contribution in [3.8, 4) is 6.07 Å². The van der Waals surface area contributed by atoms with E-state index < -0.39 is 11.9 Å². The van der Waals surface area contributed by atoms with E-state index in [1.54, 1.807) is 49.4 Å². The summed E-state index contributed by atoms with van der Waals surface area (Å²) in [4.78, 5) is 26.7. The number of carbonyl (C=O) groups is 2. The van der Waals surface area contributed by atoms with Crippen molar-refractivity contribution in [3.05, 3.63) is 69.2 Å². The monoisotopic (exact) mass is 400 g/mol. The lowest BCUT2D eigenvalue weighted by Gasteiger charge is -2.19. The van der Waals surface area contributed by atoms with E-state index in [0.717, 1.165) is 0 Å². The number of hydrogen-bond donors (Lipinski definition) is 0. The Kier molecular flexibility index (Phi) is 5.50. The first kappa shape index (κ1) is 19.0. The van der Waals surface area contributed by atoms with Gasteiger partial charge in [-0.05, 0) is 25.1 Å². The van der Waals surface area contributed by atoms with Crippen molar-refractivity contribution in [1.29, 1.82) is 5.26 Å². The number of rotatable bonds is 4. The van der Waals surface area contributed by atoms with Gasteiger partial charge in [0, 0.05) is 21.2 Å². The summed E-state index contributed by atoms with van der Waals surface area (Å²) in [7, 11) is 0. The molecule has 1 aliphatic heterocycles. The highest BCUT2D eigenvalue weighted by Crippen LogP contribution is 2.40. The summed E-state index contributed by atoms with van der Waals surface area (Å²) in [5.74, 6) is -1.30. The second-order valence-electron chi connectivity index (χ2n) is 5.69. The zero-order valence-corrected chi connectivity index (χ0v) is 15.8. The van der Waals surface area contributed by atoms with E-state index in [4.69, 9.17) is 27.9 Å². The van der Waals surface area contributed by atoms with Crippen molar-refractivity contribution < 1.29 is 14.3 Å². The van der Waals surface area contributed by atoms with Gasteiger partial charge >= 0.3 is 5.97 Å². The second-order valence-corrected chi connectivity index (χ2v) is 6.51. The predicted molar refractivity (Wildman–Crippen MR) is 103 cm³/mol. The molecular weight excluding hydrogens is 387 g/mol. The second kappa shape index (κ2) is 7.83. The van der Waals surface area contributed by atoms with Crippen LogP contribution < -0.4 is 4.90 Å². The molecule has 0 saturated carbocycles. The summed E-state index contributed by atoms with van der Waals surface area (Å²) in [6.45, 7) is 1.85. The summed E-state index contributed by atoms with van der Waals surface area (Å²) in [6.07, 6.45) is 0. The maximum atomic E-state index is 13.1. The molecule has 136 valence electrons. The molecule has 0 bridgehead atoms. The third kappa shape index (κ3) is 3.42.